The molecule has 6 heteroatoms. The number of benzene rings is 1. The van der Waals surface area contributed by atoms with Gasteiger partial charge in [0.25, 0.3) is 5.69 Å². The van der Waals surface area contributed by atoms with Gasteiger partial charge in [-0.1, -0.05) is 19.1 Å². The summed E-state index contributed by atoms with van der Waals surface area (Å²) in [6, 6.07) is 7.26. The zero-order chi connectivity index (χ0) is 16.4. The summed E-state index contributed by atoms with van der Waals surface area (Å²) >= 11 is 0. The molecule has 2 aromatic rings. The molecule has 1 aromatic heterocycles. The number of rotatable bonds is 3. The first-order valence-electron chi connectivity index (χ1n) is 8.12. The molecule has 122 valence electrons. The van der Waals surface area contributed by atoms with E-state index in [1.807, 2.05) is 19.1 Å². The lowest BCUT2D eigenvalue weighted by Crippen LogP contribution is -2.30. The second-order valence-electron chi connectivity index (χ2n) is 5.99. The van der Waals surface area contributed by atoms with Crippen LogP contribution in [0.3, 0.4) is 0 Å². The normalized spacial score (nSPS) is 16.5. The molecule has 0 unspecified atom stereocenters. The van der Waals surface area contributed by atoms with Crippen LogP contribution in [-0.4, -0.2) is 47.5 Å². The molecule has 6 nitrogen and oxygen atoms in total. The molecule has 0 spiro atoms. The van der Waals surface area contributed by atoms with E-state index >= 15 is 0 Å². The molecule has 0 atom stereocenters. The van der Waals surface area contributed by atoms with E-state index in [-0.39, 0.29) is 10.6 Å². The summed E-state index contributed by atoms with van der Waals surface area (Å²) in [7, 11) is 0. The number of pyridine rings is 1. The quantitative estimate of drug-likeness (QED) is 0.644. The number of nitro benzene ring substituents is 1. The number of nitrogens with zero attached hydrogens (tertiary/aromatic N) is 4. The summed E-state index contributed by atoms with van der Waals surface area (Å²) < 4.78 is 0. The van der Waals surface area contributed by atoms with Crippen LogP contribution in [0.5, 0.6) is 0 Å². The highest BCUT2D eigenvalue weighted by Gasteiger charge is 2.20. The van der Waals surface area contributed by atoms with Gasteiger partial charge in [0.05, 0.1) is 4.92 Å². The molecule has 1 aliphatic rings. The van der Waals surface area contributed by atoms with Crippen molar-refractivity contribution >= 4 is 22.3 Å². The zero-order valence-corrected chi connectivity index (χ0v) is 13.7. The number of fused-ring (bicyclic) bond motifs is 1. The summed E-state index contributed by atoms with van der Waals surface area (Å²) in [5.41, 5.74) is 2.45. The van der Waals surface area contributed by atoms with Gasteiger partial charge in [0.15, 0.2) is 5.52 Å². The van der Waals surface area contributed by atoms with Gasteiger partial charge in [-0.25, -0.2) is 4.98 Å². The van der Waals surface area contributed by atoms with Gasteiger partial charge in [0.1, 0.15) is 0 Å². The Labute approximate surface area is 135 Å². The summed E-state index contributed by atoms with van der Waals surface area (Å²) in [6.45, 7) is 9.19. The van der Waals surface area contributed by atoms with Crippen molar-refractivity contribution in [2.45, 2.75) is 20.3 Å². The van der Waals surface area contributed by atoms with Gasteiger partial charge >= 0.3 is 0 Å². The first-order valence-corrected chi connectivity index (χ1v) is 8.12. The Morgan fingerprint density at radius 1 is 1.26 bits per heavy atom. The van der Waals surface area contributed by atoms with Crippen LogP contribution in [0.1, 0.15) is 19.0 Å². The highest BCUT2D eigenvalue weighted by atomic mass is 16.6. The van der Waals surface area contributed by atoms with Gasteiger partial charge in [-0.3, -0.25) is 10.1 Å². The third kappa shape index (κ3) is 3.12. The molecule has 1 aromatic carbocycles. The number of anilines is 1. The van der Waals surface area contributed by atoms with E-state index in [2.05, 4.69) is 21.7 Å². The standard InChI is InChI=1S/C17H22N4O2/c1-3-19-8-5-9-20(11-10-19)16-12-13(2)18-17-14(16)6-4-7-15(17)21(22)23/h4,6-7,12H,3,5,8-11H2,1-2H3. The number of nitro groups is 1. The molecule has 0 bridgehead atoms. The smallest absolute Gasteiger partial charge is 0.295 e. The van der Waals surface area contributed by atoms with Crippen molar-refractivity contribution in [1.82, 2.24) is 9.88 Å². The molecule has 0 N–H and O–H groups in total. The Morgan fingerprint density at radius 3 is 2.83 bits per heavy atom. The predicted molar refractivity (Wildman–Crippen MR) is 92.1 cm³/mol. The van der Waals surface area contributed by atoms with Crippen molar-refractivity contribution in [2.24, 2.45) is 0 Å². The van der Waals surface area contributed by atoms with E-state index in [0.29, 0.717) is 5.52 Å². The summed E-state index contributed by atoms with van der Waals surface area (Å²) in [5, 5.41) is 12.2. The van der Waals surface area contributed by atoms with Gasteiger partial charge in [-0.15, -0.1) is 0 Å². The fraction of sp³-hybridized carbons (Fsp3) is 0.471. The predicted octanol–water partition coefficient (Wildman–Crippen LogP) is 2.98. The molecule has 0 radical (unpaired) electrons. The fourth-order valence-electron chi connectivity index (χ4n) is 3.28. The molecule has 23 heavy (non-hydrogen) atoms. The average Bonchev–Trinajstić information content (AvgIpc) is 2.78. The first kappa shape index (κ1) is 15.7. The lowest BCUT2D eigenvalue weighted by Gasteiger charge is -2.25. The van der Waals surface area contributed by atoms with E-state index in [9.17, 15) is 10.1 Å². The van der Waals surface area contributed by atoms with Crippen LogP contribution in [0.4, 0.5) is 11.4 Å². The molecule has 1 fully saturated rings. The number of likely N-dealkylation sites (N-methyl/N-ethyl adjacent to an activating group) is 1. The number of aromatic nitrogens is 1. The van der Waals surface area contributed by atoms with Crippen LogP contribution in [0, 0.1) is 17.0 Å². The van der Waals surface area contributed by atoms with Crippen molar-refractivity contribution in [3.63, 3.8) is 0 Å². The van der Waals surface area contributed by atoms with Gasteiger partial charge in [0, 0.05) is 42.5 Å². The van der Waals surface area contributed by atoms with E-state index in [1.54, 1.807) is 6.07 Å². The Balaban J connectivity index is 2.07. The van der Waals surface area contributed by atoms with Crippen LogP contribution >= 0.6 is 0 Å². The summed E-state index contributed by atoms with van der Waals surface area (Å²) in [5.74, 6) is 0. The summed E-state index contributed by atoms with van der Waals surface area (Å²) in [6.07, 6.45) is 1.10. The molecule has 1 saturated heterocycles. The fourth-order valence-corrected chi connectivity index (χ4v) is 3.28. The molecule has 3 rings (SSSR count). The number of non-ortho nitro benzene ring substituents is 1. The van der Waals surface area contributed by atoms with Crippen molar-refractivity contribution in [3.05, 3.63) is 40.1 Å². The highest BCUT2D eigenvalue weighted by Crippen LogP contribution is 2.32. The van der Waals surface area contributed by atoms with Crippen molar-refractivity contribution in [2.75, 3.05) is 37.6 Å². The Morgan fingerprint density at radius 2 is 2.09 bits per heavy atom. The lowest BCUT2D eigenvalue weighted by atomic mass is 10.1. The Kier molecular flexibility index (Phi) is 4.43. The minimum absolute atomic E-state index is 0.0810. The second kappa shape index (κ2) is 6.50. The van der Waals surface area contributed by atoms with E-state index in [4.69, 9.17) is 0 Å². The third-order valence-corrected chi connectivity index (χ3v) is 4.50. The Bertz CT molecular complexity index is 732. The van der Waals surface area contributed by atoms with E-state index in [0.717, 1.165) is 55.9 Å². The number of aryl methyl sites for hydroxylation is 1. The van der Waals surface area contributed by atoms with Gasteiger partial charge < -0.3 is 9.80 Å². The average molecular weight is 314 g/mol. The molecule has 0 amide bonds. The van der Waals surface area contributed by atoms with Crippen LogP contribution in [0.15, 0.2) is 24.3 Å². The molecule has 0 aliphatic carbocycles. The van der Waals surface area contributed by atoms with Crippen LogP contribution in [-0.2, 0) is 0 Å². The number of hydrogen-bond donors (Lipinski definition) is 0. The van der Waals surface area contributed by atoms with E-state index < -0.39 is 0 Å². The van der Waals surface area contributed by atoms with Crippen molar-refractivity contribution in [3.8, 4) is 0 Å². The minimum Gasteiger partial charge on any atom is -0.370 e. The number of hydrogen-bond acceptors (Lipinski definition) is 5. The second-order valence-corrected chi connectivity index (χ2v) is 5.99. The van der Waals surface area contributed by atoms with Gasteiger partial charge in [-0.05, 0) is 32.5 Å². The maximum Gasteiger partial charge on any atom is 0.295 e. The third-order valence-electron chi connectivity index (χ3n) is 4.50. The minimum atomic E-state index is -0.347. The molecular formula is C17H22N4O2. The summed E-state index contributed by atoms with van der Waals surface area (Å²) in [4.78, 5) is 20.2. The maximum absolute atomic E-state index is 11.3. The Hall–Kier alpha value is -2.21. The largest absolute Gasteiger partial charge is 0.370 e. The topological polar surface area (TPSA) is 62.5 Å². The van der Waals surface area contributed by atoms with Crippen LogP contribution in [0.2, 0.25) is 0 Å². The molecular weight excluding hydrogens is 292 g/mol. The van der Waals surface area contributed by atoms with Gasteiger partial charge in [0.2, 0.25) is 0 Å². The zero-order valence-electron chi connectivity index (χ0n) is 13.7. The van der Waals surface area contributed by atoms with Crippen molar-refractivity contribution < 1.29 is 4.92 Å². The van der Waals surface area contributed by atoms with Crippen LogP contribution in [0.25, 0.3) is 10.9 Å². The highest BCUT2D eigenvalue weighted by molar-refractivity contribution is 5.97. The van der Waals surface area contributed by atoms with E-state index in [1.165, 1.54) is 6.07 Å². The van der Waals surface area contributed by atoms with Crippen molar-refractivity contribution in [1.29, 1.82) is 0 Å². The maximum atomic E-state index is 11.3. The SMILES string of the molecule is CCN1CCCN(c2cc(C)nc3c([N+](=O)[O-])cccc23)CC1. The van der Waals surface area contributed by atoms with Crippen LogP contribution < -0.4 is 4.90 Å². The monoisotopic (exact) mass is 314 g/mol. The molecule has 1 aliphatic heterocycles. The number of para-hydroxylation sites is 1. The first-order chi connectivity index (χ1) is 11.1. The van der Waals surface area contributed by atoms with Gasteiger partial charge in [-0.2, -0.15) is 0 Å². The molecule has 2 heterocycles. The molecule has 0 saturated carbocycles. The lowest BCUT2D eigenvalue weighted by molar-refractivity contribution is -0.383.